The predicted molar refractivity (Wildman–Crippen MR) is 201 cm³/mol. The molecule has 2 atom stereocenters. The zero-order valence-electron chi connectivity index (χ0n) is 31.6. The summed E-state index contributed by atoms with van der Waals surface area (Å²) in [6.45, 7) is 2.95. The van der Waals surface area contributed by atoms with Crippen molar-refractivity contribution in [3.63, 3.8) is 0 Å². The zero-order valence-corrected chi connectivity index (χ0v) is 31.6. The molecule has 2 unspecified atom stereocenters. The molecule has 3 aromatic rings. The van der Waals surface area contributed by atoms with Crippen molar-refractivity contribution in [2.45, 2.75) is 76.6 Å². The van der Waals surface area contributed by atoms with Crippen LogP contribution in [0.4, 0.5) is 4.79 Å². The molecule has 0 bridgehead atoms. The van der Waals surface area contributed by atoms with Crippen LogP contribution >= 0.6 is 0 Å². The first-order valence-electron chi connectivity index (χ1n) is 19.3. The smallest absolute Gasteiger partial charge is 0.409 e. The summed E-state index contributed by atoms with van der Waals surface area (Å²) in [4.78, 5) is 83.8. The van der Waals surface area contributed by atoms with Gasteiger partial charge in [0.25, 0.3) is 11.8 Å². The first-order valence-corrected chi connectivity index (χ1v) is 19.3. The van der Waals surface area contributed by atoms with Gasteiger partial charge in [-0.05, 0) is 63.1 Å². The van der Waals surface area contributed by atoms with E-state index in [4.69, 9.17) is 14.2 Å². The molecule has 5 amide bonds. The summed E-state index contributed by atoms with van der Waals surface area (Å²) in [5.74, 6) is -2.08. The summed E-state index contributed by atoms with van der Waals surface area (Å²) in [5.41, 5.74) is 1.28. The quantitative estimate of drug-likeness (QED) is 0.218. The number of aromatic nitrogens is 2. The van der Waals surface area contributed by atoms with Gasteiger partial charge in [0.1, 0.15) is 18.7 Å². The predicted octanol–water partition coefficient (Wildman–Crippen LogP) is 2.83. The summed E-state index contributed by atoms with van der Waals surface area (Å²) >= 11 is 0. The number of rotatable bonds is 15. The Bertz CT molecular complexity index is 1840. The maximum atomic E-state index is 13.9. The van der Waals surface area contributed by atoms with Gasteiger partial charge in [0.2, 0.25) is 17.7 Å². The molecule has 16 nitrogen and oxygen atoms in total. The number of benzene rings is 2. The summed E-state index contributed by atoms with van der Waals surface area (Å²) in [6, 6.07) is 17.9. The van der Waals surface area contributed by atoms with E-state index in [1.165, 1.54) is 20.5 Å². The molecule has 298 valence electrons. The van der Waals surface area contributed by atoms with Gasteiger partial charge in [-0.25, -0.2) is 9.48 Å². The largest absolute Gasteiger partial charge is 0.467 e. The van der Waals surface area contributed by atoms with Crippen LogP contribution in [0.2, 0.25) is 0 Å². The van der Waals surface area contributed by atoms with E-state index in [-0.39, 0.29) is 81.7 Å². The van der Waals surface area contributed by atoms with E-state index in [1.54, 1.807) is 36.1 Å². The summed E-state index contributed by atoms with van der Waals surface area (Å²) in [5, 5.41) is 10.3. The third-order valence-electron chi connectivity index (χ3n) is 10.2. The minimum absolute atomic E-state index is 0.0567. The number of para-hydroxylation sites is 1. The Labute approximate surface area is 325 Å². The number of amides is 5. The molecule has 3 heterocycles. The molecule has 0 radical (unpaired) electrons. The van der Waals surface area contributed by atoms with E-state index in [0.29, 0.717) is 25.1 Å². The number of carbonyl (C=O) groups excluding carboxylic acids is 6. The lowest BCUT2D eigenvalue weighted by Crippen LogP contribution is -2.56. The van der Waals surface area contributed by atoms with E-state index in [2.05, 4.69) is 15.7 Å². The number of likely N-dealkylation sites (tertiary alicyclic amines) is 1. The molecule has 2 aliphatic heterocycles. The van der Waals surface area contributed by atoms with Crippen molar-refractivity contribution < 1.29 is 43.0 Å². The number of piperazine rings is 1. The van der Waals surface area contributed by atoms with Gasteiger partial charge in [0.05, 0.1) is 12.3 Å². The molecule has 3 aliphatic rings. The lowest BCUT2D eigenvalue weighted by molar-refractivity contribution is -0.145. The Kier molecular flexibility index (Phi) is 13.6. The van der Waals surface area contributed by atoms with E-state index in [0.717, 1.165) is 24.8 Å². The van der Waals surface area contributed by atoms with E-state index >= 15 is 0 Å². The van der Waals surface area contributed by atoms with Crippen molar-refractivity contribution in [3.8, 4) is 11.6 Å². The minimum atomic E-state index is -1.13. The summed E-state index contributed by atoms with van der Waals surface area (Å²) < 4.78 is 17.9. The topological polar surface area (TPSA) is 182 Å². The van der Waals surface area contributed by atoms with Gasteiger partial charge >= 0.3 is 12.1 Å². The molecule has 1 saturated carbocycles. The van der Waals surface area contributed by atoms with Crippen LogP contribution in [-0.4, -0.2) is 124 Å². The van der Waals surface area contributed by atoms with Gasteiger partial charge in [-0.1, -0.05) is 48.5 Å². The number of carbonyl (C=O) groups is 6. The zero-order chi connectivity index (χ0) is 39.4. The van der Waals surface area contributed by atoms with Crippen LogP contribution in [0.1, 0.15) is 67.9 Å². The lowest BCUT2D eigenvalue weighted by Gasteiger charge is -2.35. The fourth-order valence-corrected chi connectivity index (χ4v) is 6.84. The highest BCUT2D eigenvalue weighted by atomic mass is 16.6. The second kappa shape index (κ2) is 19.1. The normalized spacial score (nSPS) is 17.4. The van der Waals surface area contributed by atoms with Crippen LogP contribution in [-0.2, 0) is 35.3 Å². The lowest BCUT2D eigenvalue weighted by atomic mass is 9.93. The van der Waals surface area contributed by atoms with Crippen molar-refractivity contribution in [1.82, 2.24) is 35.1 Å². The van der Waals surface area contributed by atoms with Crippen LogP contribution in [0.25, 0.3) is 5.69 Å². The molecular formula is C40H49N7O9. The van der Waals surface area contributed by atoms with Gasteiger partial charge in [-0.3, -0.25) is 24.0 Å². The molecule has 1 aromatic heterocycles. The number of hydrogen-bond acceptors (Lipinski definition) is 10. The first-order chi connectivity index (χ1) is 27.2. The van der Waals surface area contributed by atoms with Crippen LogP contribution in [0.3, 0.4) is 0 Å². The van der Waals surface area contributed by atoms with Crippen molar-refractivity contribution in [3.05, 3.63) is 78.0 Å². The second-order valence-electron chi connectivity index (χ2n) is 14.0. The summed E-state index contributed by atoms with van der Waals surface area (Å²) in [6.07, 6.45) is 3.57. The number of nitrogens with one attached hydrogen (secondary N) is 2. The highest BCUT2D eigenvalue weighted by Crippen LogP contribution is 2.24. The van der Waals surface area contributed by atoms with Crippen LogP contribution in [0, 0.1) is 0 Å². The van der Waals surface area contributed by atoms with Crippen molar-refractivity contribution in [2.24, 2.45) is 0 Å². The van der Waals surface area contributed by atoms with Crippen molar-refractivity contribution in [2.75, 3.05) is 45.9 Å². The molecule has 1 aliphatic carbocycles. The van der Waals surface area contributed by atoms with Gasteiger partial charge < -0.3 is 39.5 Å². The van der Waals surface area contributed by atoms with Gasteiger partial charge in [-0.2, -0.15) is 5.10 Å². The molecule has 2 saturated heterocycles. The minimum Gasteiger partial charge on any atom is -0.467 e. The first kappa shape index (κ1) is 39.8. The Morgan fingerprint density at radius 3 is 2.21 bits per heavy atom. The van der Waals surface area contributed by atoms with Gasteiger partial charge in [0, 0.05) is 51.3 Å². The second-order valence-corrected chi connectivity index (χ2v) is 14.0. The Balaban J connectivity index is 1.14. The highest BCUT2D eigenvalue weighted by molar-refractivity contribution is 5.96. The molecular weight excluding hydrogens is 722 g/mol. The number of ether oxygens (including phenoxy) is 3. The number of nitrogens with zero attached hydrogens (tertiary/aromatic N) is 5. The standard InChI is InChI=1S/C40H49N7O9/c1-2-54-40(53)45-23-21-44(22-24-45)39(52)31(18-19-36(49)56-26-28-11-5-3-6-12-28)42-37(50)32-25-35(47(43-32)30-15-7-4-8-16-30)55-27-34(48)46-20-10-17-33(46)38(51)41-29-13-9-14-29/h3-8,11-12,15-16,25,29,31,33H,2,9-10,13-14,17-24,26-27H2,1H3,(H,41,51)(H,42,50). The average molecular weight is 772 g/mol. The Hall–Kier alpha value is -5.93. The summed E-state index contributed by atoms with van der Waals surface area (Å²) in [7, 11) is 0. The highest BCUT2D eigenvalue weighted by Gasteiger charge is 2.36. The van der Waals surface area contributed by atoms with Gasteiger partial charge in [0.15, 0.2) is 12.3 Å². The Morgan fingerprint density at radius 1 is 0.839 bits per heavy atom. The molecule has 16 heteroatoms. The SMILES string of the molecule is CCOC(=O)N1CCN(C(=O)C(CCC(=O)OCc2ccccc2)NC(=O)c2cc(OCC(=O)N3CCCC3C(=O)NC3CCC3)n(-c3ccccc3)n2)CC1. The average Bonchev–Trinajstić information content (AvgIpc) is 3.88. The van der Waals surface area contributed by atoms with Crippen molar-refractivity contribution >= 4 is 35.7 Å². The monoisotopic (exact) mass is 771 g/mol. The fraction of sp³-hybridized carbons (Fsp3) is 0.475. The molecule has 2 N–H and O–H groups in total. The Morgan fingerprint density at radius 2 is 1.54 bits per heavy atom. The maximum Gasteiger partial charge on any atom is 0.409 e. The van der Waals surface area contributed by atoms with E-state index < -0.39 is 42.6 Å². The third-order valence-corrected chi connectivity index (χ3v) is 10.2. The molecule has 56 heavy (non-hydrogen) atoms. The van der Waals surface area contributed by atoms with Gasteiger partial charge in [-0.15, -0.1) is 0 Å². The van der Waals surface area contributed by atoms with Crippen LogP contribution < -0.4 is 15.4 Å². The number of hydrogen-bond donors (Lipinski definition) is 2. The molecule has 2 aromatic carbocycles. The van der Waals surface area contributed by atoms with Crippen LogP contribution in [0.15, 0.2) is 66.7 Å². The maximum absolute atomic E-state index is 13.9. The molecule has 6 rings (SSSR count). The van der Waals surface area contributed by atoms with Crippen molar-refractivity contribution in [1.29, 1.82) is 0 Å². The fourth-order valence-electron chi connectivity index (χ4n) is 6.84. The van der Waals surface area contributed by atoms with E-state index in [9.17, 15) is 28.8 Å². The van der Waals surface area contributed by atoms with E-state index in [1.807, 2.05) is 36.4 Å². The number of esters is 1. The molecule has 3 fully saturated rings. The molecule has 0 spiro atoms. The van der Waals surface area contributed by atoms with Crippen LogP contribution in [0.5, 0.6) is 5.88 Å². The third kappa shape index (κ3) is 10.2.